The number of hydrogen-bond acceptors (Lipinski definition) is 4. The monoisotopic (exact) mass is 338 g/mol. The molecule has 2 aromatic rings. The van der Waals surface area contributed by atoms with E-state index in [2.05, 4.69) is 52.4 Å². The van der Waals surface area contributed by atoms with Gasteiger partial charge in [-0.2, -0.15) is 0 Å². The van der Waals surface area contributed by atoms with Crippen LogP contribution in [0.5, 0.6) is 0 Å². The van der Waals surface area contributed by atoms with Gasteiger partial charge in [0.1, 0.15) is 0 Å². The summed E-state index contributed by atoms with van der Waals surface area (Å²) < 4.78 is 0. The van der Waals surface area contributed by atoms with Gasteiger partial charge in [0.15, 0.2) is 0 Å². The molecule has 1 aliphatic rings. The normalized spacial score (nSPS) is 18.1. The molecule has 0 spiro atoms. The summed E-state index contributed by atoms with van der Waals surface area (Å²) in [4.78, 5) is 16.4. The summed E-state index contributed by atoms with van der Waals surface area (Å²) in [5.74, 6) is -0.395. The highest BCUT2D eigenvalue weighted by atomic mass is 16.1. The van der Waals surface area contributed by atoms with E-state index in [1.54, 1.807) is 6.07 Å². The molecule has 0 aromatic heterocycles. The number of carbonyl (C=O) groups is 1. The largest absolute Gasteiger partial charge is 0.383 e. The second-order valence-electron chi connectivity index (χ2n) is 6.52. The Morgan fingerprint density at radius 1 is 1.12 bits per heavy atom. The summed E-state index contributed by atoms with van der Waals surface area (Å²) in [7, 11) is 0. The fraction of sp³-hybridized carbons (Fsp3) is 0.350. The van der Waals surface area contributed by atoms with E-state index < -0.39 is 5.91 Å². The molecule has 0 saturated carbocycles. The molecule has 0 radical (unpaired) electrons. The first-order valence-electron chi connectivity index (χ1n) is 8.82. The van der Waals surface area contributed by atoms with Gasteiger partial charge in [-0.1, -0.05) is 30.3 Å². The van der Waals surface area contributed by atoms with Crippen LogP contribution in [0.15, 0.2) is 54.6 Å². The maximum Gasteiger partial charge on any atom is 0.250 e. The Morgan fingerprint density at radius 2 is 1.84 bits per heavy atom. The number of hydrogen-bond donors (Lipinski definition) is 2. The minimum Gasteiger partial charge on any atom is -0.383 e. The second-order valence-corrected chi connectivity index (χ2v) is 6.52. The van der Waals surface area contributed by atoms with Crippen molar-refractivity contribution in [2.75, 3.05) is 42.9 Å². The van der Waals surface area contributed by atoms with E-state index in [0.717, 1.165) is 38.4 Å². The molecule has 5 nitrogen and oxygen atoms in total. The van der Waals surface area contributed by atoms with Crippen LogP contribution >= 0.6 is 0 Å². The van der Waals surface area contributed by atoms with Gasteiger partial charge < -0.3 is 16.0 Å². The summed E-state index contributed by atoms with van der Waals surface area (Å²) in [6.07, 6.45) is 0. The van der Waals surface area contributed by atoms with Crippen LogP contribution < -0.4 is 16.0 Å². The smallest absolute Gasteiger partial charge is 0.250 e. The van der Waals surface area contributed by atoms with E-state index in [9.17, 15) is 4.79 Å². The zero-order valence-corrected chi connectivity index (χ0v) is 14.7. The number of benzene rings is 2. The number of anilines is 2. The van der Waals surface area contributed by atoms with E-state index in [1.165, 1.54) is 5.69 Å². The van der Waals surface area contributed by atoms with Crippen molar-refractivity contribution in [3.8, 4) is 0 Å². The lowest BCUT2D eigenvalue weighted by molar-refractivity contribution is 0.100. The second kappa shape index (κ2) is 8.03. The van der Waals surface area contributed by atoms with Gasteiger partial charge in [0.25, 0.3) is 5.91 Å². The molecule has 1 amide bonds. The van der Waals surface area contributed by atoms with Crippen molar-refractivity contribution in [3.63, 3.8) is 0 Å². The Labute approximate surface area is 149 Å². The number of nitrogens with two attached hydrogens (primary N) is 1. The molecule has 25 heavy (non-hydrogen) atoms. The maximum absolute atomic E-state index is 11.5. The SMILES string of the molecule is CC1CN(CCNc2ccccc2C(N)=O)CCN1c1ccccc1. The molecule has 1 aliphatic heterocycles. The fourth-order valence-corrected chi connectivity index (χ4v) is 3.44. The van der Waals surface area contributed by atoms with Gasteiger partial charge in [0.2, 0.25) is 0 Å². The average Bonchev–Trinajstić information content (AvgIpc) is 2.63. The molecular weight excluding hydrogens is 312 g/mol. The number of amides is 1. The fourth-order valence-electron chi connectivity index (χ4n) is 3.44. The van der Waals surface area contributed by atoms with E-state index in [4.69, 9.17) is 5.73 Å². The molecular formula is C20H26N4O. The molecule has 1 heterocycles. The van der Waals surface area contributed by atoms with E-state index in [-0.39, 0.29) is 0 Å². The predicted octanol–water partition coefficient (Wildman–Crippen LogP) is 2.41. The van der Waals surface area contributed by atoms with Crippen LogP contribution in [0.25, 0.3) is 0 Å². The molecule has 3 rings (SSSR count). The molecule has 1 saturated heterocycles. The first kappa shape index (κ1) is 17.3. The first-order valence-corrected chi connectivity index (χ1v) is 8.82. The minimum absolute atomic E-state index is 0.395. The van der Waals surface area contributed by atoms with Crippen molar-refractivity contribution in [2.24, 2.45) is 5.73 Å². The number of nitrogens with zero attached hydrogens (tertiary/aromatic N) is 2. The van der Waals surface area contributed by atoms with Gasteiger partial charge in [-0.3, -0.25) is 9.69 Å². The lowest BCUT2D eigenvalue weighted by Crippen LogP contribution is -2.52. The zero-order valence-electron chi connectivity index (χ0n) is 14.7. The lowest BCUT2D eigenvalue weighted by atomic mass is 10.1. The van der Waals surface area contributed by atoms with Crippen LogP contribution in [0, 0.1) is 0 Å². The van der Waals surface area contributed by atoms with Crippen molar-refractivity contribution < 1.29 is 4.79 Å². The van der Waals surface area contributed by atoms with E-state index in [0.29, 0.717) is 11.6 Å². The van der Waals surface area contributed by atoms with Gasteiger partial charge in [-0.15, -0.1) is 0 Å². The number of primary amides is 1. The van der Waals surface area contributed by atoms with Crippen molar-refractivity contribution in [3.05, 3.63) is 60.2 Å². The average molecular weight is 338 g/mol. The molecule has 0 aliphatic carbocycles. The molecule has 2 aromatic carbocycles. The van der Waals surface area contributed by atoms with Gasteiger partial charge in [0, 0.05) is 50.1 Å². The van der Waals surface area contributed by atoms with Gasteiger partial charge >= 0.3 is 0 Å². The van der Waals surface area contributed by atoms with E-state index in [1.807, 2.05) is 18.2 Å². The quantitative estimate of drug-likeness (QED) is 0.849. The Hall–Kier alpha value is -2.53. The van der Waals surface area contributed by atoms with Crippen molar-refractivity contribution >= 4 is 17.3 Å². The molecule has 132 valence electrons. The Bertz CT molecular complexity index is 704. The van der Waals surface area contributed by atoms with Crippen molar-refractivity contribution in [2.45, 2.75) is 13.0 Å². The maximum atomic E-state index is 11.5. The standard InChI is InChI=1S/C20H26N4O/c1-16-15-23(13-14-24(16)17-7-3-2-4-8-17)12-11-22-19-10-6-5-9-18(19)20(21)25/h2-10,16,22H,11-15H2,1H3,(H2,21,25). The molecule has 3 N–H and O–H groups in total. The summed E-state index contributed by atoms with van der Waals surface area (Å²) >= 11 is 0. The molecule has 1 unspecified atom stereocenters. The minimum atomic E-state index is -0.395. The number of rotatable bonds is 6. The van der Waals surface area contributed by atoms with Crippen LogP contribution in [0.2, 0.25) is 0 Å². The van der Waals surface area contributed by atoms with Crippen molar-refractivity contribution in [1.82, 2.24) is 4.90 Å². The number of para-hydroxylation sites is 2. The van der Waals surface area contributed by atoms with Gasteiger partial charge in [-0.25, -0.2) is 0 Å². The zero-order chi connectivity index (χ0) is 17.6. The number of piperazine rings is 1. The first-order chi connectivity index (χ1) is 12.1. The third kappa shape index (κ3) is 4.31. The molecule has 1 atom stereocenters. The third-order valence-electron chi connectivity index (χ3n) is 4.74. The summed E-state index contributed by atoms with van der Waals surface area (Å²) in [5, 5.41) is 3.34. The number of nitrogens with one attached hydrogen (secondary N) is 1. The van der Waals surface area contributed by atoms with Crippen LogP contribution in [-0.2, 0) is 0 Å². The van der Waals surface area contributed by atoms with Crippen LogP contribution in [0.4, 0.5) is 11.4 Å². The van der Waals surface area contributed by atoms with Crippen LogP contribution in [0.1, 0.15) is 17.3 Å². The van der Waals surface area contributed by atoms with E-state index >= 15 is 0 Å². The Kier molecular flexibility index (Phi) is 5.56. The lowest BCUT2D eigenvalue weighted by Gasteiger charge is -2.41. The summed E-state index contributed by atoms with van der Waals surface area (Å²) in [6, 6.07) is 18.5. The summed E-state index contributed by atoms with van der Waals surface area (Å²) in [5.41, 5.74) is 8.07. The highest BCUT2D eigenvalue weighted by Crippen LogP contribution is 2.20. The number of carbonyl (C=O) groups excluding carboxylic acids is 1. The Morgan fingerprint density at radius 3 is 2.56 bits per heavy atom. The van der Waals surface area contributed by atoms with Crippen molar-refractivity contribution in [1.29, 1.82) is 0 Å². The topological polar surface area (TPSA) is 61.6 Å². The third-order valence-corrected chi connectivity index (χ3v) is 4.74. The predicted molar refractivity (Wildman–Crippen MR) is 103 cm³/mol. The van der Waals surface area contributed by atoms with Gasteiger partial charge in [-0.05, 0) is 31.2 Å². The van der Waals surface area contributed by atoms with Crippen LogP contribution in [0.3, 0.4) is 0 Å². The Balaban J connectivity index is 1.50. The van der Waals surface area contributed by atoms with Crippen LogP contribution in [-0.4, -0.2) is 49.6 Å². The molecule has 0 bridgehead atoms. The summed E-state index contributed by atoms with van der Waals surface area (Å²) in [6.45, 7) is 7.12. The molecule has 5 heteroatoms. The molecule has 1 fully saturated rings. The highest BCUT2D eigenvalue weighted by Gasteiger charge is 2.23. The van der Waals surface area contributed by atoms with Gasteiger partial charge in [0.05, 0.1) is 5.56 Å². The highest BCUT2D eigenvalue weighted by molar-refractivity contribution is 5.98.